The summed E-state index contributed by atoms with van der Waals surface area (Å²) in [4.78, 5) is 12.0. The average molecular weight is 293 g/mol. The molecule has 5 N–H and O–H groups in total. The number of nitrogens with two attached hydrogens (primary N) is 1. The summed E-state index contributed by atoms with van der Waals surface area (Å²) in [7, 11) is 0. The number of aromatic nitrogens is 4. The highest BCUT2D eigenvalue weighted by Gasteiger charge is 2.63. The molecule has 2 fully saturated rings. The molecule has 9 nitrogen and oxygen atoms in total. The second-order valence-electron chi connectivity index (χ2n) is 5.54. The number of rotatable bonds is 1. The first-order valence-corrected chi connectivity index (χ1v) is 6.69. The number of aliphatic hydroxyl groups excluding tert-OH is 3. The zero-order chi connectivity index (χ0) is 14.8. The van der Waals surface area contributed by atoms with Crippen molar-refractivity contribution in [3.63, 3.8) is 0 Å². The number of nitrogens with zero attached hydrogens (tertiary/aromatic N) is 4. The van der Waals surface area contributed by atoms with Crippen molar-refractivity contribution in [3.8, 4) is 0 Å². The molecule has 112 valence electrons. The Bertz CT molecular complexity index is 706. The monoisotopic (exact) mass is 293 g/mol. The lowest BCUT2D eigenvalue weighted by Crippen LogP contribution is -2.59. The summed E-state index contributed by atoms with van der Waals surface area (Å²) in [6.07, 6.45) is -0.266. The topological polar surface area (TPSA) is 140 Å². The van der Waals surface area contributed by atoms with Crippen molar-refractivity contribution in [2.75, 3.05) is 5.73 Å². The predicted octanol–water partition coefficient (Wildman–Crippen LogP) is -1.45. The first-order chi connectivity index (χ1) is 10.0. The second kappa shape index (κ2) is 4.10. The molecule has 2 aliphatic rings. The maximum atomic E-state index is 10.3. The van der Waals surface area contributed by atoms with Gasteiger partial charge in [0.15, 0.2) is 17.7 Å². The standard InChI is InChI=1S/C12H15N5O4/c13-9-6-10(15-3-14-9)17(4-16-6)11-7(19)8(20)12(21-11)2-1-5(12)18/h3-5,7-8,11,18-20H,1-2H2,(H2,13,14,15)/t5-,7?,8-,11?,12+/m1/s1. The quantitative estimate of drug-likeness (QED) is 0.501. The molecule has 1 spiro atoms. The van der Waals surface area contributed by atoms with Crippen molar-refractivity contribution in [3.05, 3.63) is 12.7 Å². The number of nitrogen functional groups attached to an aromatic ring is 1. The van der Waals surface area contributed by atoms with Gasteiger partial charge in [-0.2, -0.15) is 0 Å². The lowest BCUT2D eigenvalue weighted by Gasteiger charge is -2.44. The minimum Gasteiger partial charge on any atom is -0.390 e. The third kappa shape index (κ3) is 1.51. The van der Waals surface area contributed by atoms with Crippen LogP contribution in [0.5, 0.6) is 0 Å². The molecule has 21 heavy (non-hydrogen) atoms. The fraction of sp³-hybridized carbons (Fsp3) is 0.583. The maximum absolute atomic E-state index is 10.3. The molecule has 2 aromatic heterocycles. The molecular formula is C12H15N5O4. The molecule has 1 saturated heterocycles. The van der Waals surface area contributed by atoms with E-state index in [0.717, 1.165) is 0 Å². The average Bonchev–Trinajstić information content (AvgIpc) is 3.01. The molecule has 3 heterocycles. The van der Waals surface area contributed by atoms with Crippen LogP contribution in [-0.2, 0) is 4.74 Å². The molecule has 0 radical (unpaired) electrons. The summed E-state index contributed by atoms with van der Waals surface area (Å²) in [6.45, 7) is 0. The van der Waals surface area contributed by atoms with Gasteiger partial charge in [0.1, 0.15) is 29.7 Å². The Kier molecular flexibility index (Phi) is 2.52. The highest BCUT2D eigenvalue weighted by Crippen LogP contribution is 2.49. The molecule has 5 atom stereocenters. The van der Waals surface area contributed by atoms with E-state index in [1.807, 2.05) is 0 Å². The van der Waals surface area contributed by atoms with E-state index < -0.39 is 30.1 Å². The van der Waals surface area contributed by atoms with Crippen LogP contribution in [0.1, 0.15) is 19.1 Å². The van der Waals surface area contributed by atoms with Crippen LogP contribution in [0.3, 0.4) is 0 Å². The first kappa shape index (κ1) is 12.9. The predicted molar refractivity (Wildman–Crippen MR) is 69.8 cm³/mol. The number of ether oxygens (including phenoxy) is 1. The number of aliphatic hydroxyl groups is 3. The van der Waals surface area contributed by atoms with Gasteiger partial charge >= 0.3 is 0 Å². The Labute approximate surface area is 119 Å². The van der Waals surface area contributed by atoms with Gasteiger partial charge in [-0.1, -0.05) is 0 Å². The Morgan fingerprint density at radius 1 is 1.29 bits per heavy atom. The van der Waals surface area contributed by atoms with Crippen LogP contribution >= 0.6 is 0 Å². The van der Waals surface area contributed by atoms with Crippen molar-refractivity contribution >= 4 is 17.0 Å². The number of hydrogen-bond donors (Lipinski definition) is 4. The van der Waals surface area contributed by atoms with Crippen molar-refractivity contribution < 1.29 is 20.1 Å². The van der Waals surface area contributed by atoms with Crippen LogP contribution in [0.2, 0.25) is 0 Å². The Morgan fingerprint density at radius 3 is 2.71 bits per heavy atom. The minimum absolute atomic E-state index is 0.227. The van der Waals surface area contributed by atoms with Gasteiger partial charge in [0, 0.05) is 0 Å². The maximum Gasteiger partial charge on any atom is 0.167 e. The highest BCUT2D eigenvalue weighted by molar-refractivity contribution is 5.81. The first-order valence-electron chi connectivity index (χ1n) is 6.69. The molecule has 1 aliphatic carbocycles. The molecule has 0 aromatic carbocycles. The van der Waals surface area contributed by atoms with E-state index in [4.69, 9.17) is 10.5 Å². The van der Waals surface area contributed by atoms with E-state index in [1.165, 1.54) is 17.2 Å². The second-order valence-corrected chi connectivity index (χ2v) is 5.54. The summed E-state index contributed by atoms with van der Waals surface area (Å²) in [5.74, 6) is 0.227. The van der Waals surface area contributed by atoms with Gasteiger partial charge in [-0.15, -0.1) is 0 Å². The van der Waals surface area contributed by atoms with Gasteiger partial charge in [-0.05, 0) is 12.8 Å². The van der Waals surface area contributed by atoms with E-state index in [1.54, 1.807) is 0 Å². The van der Waals surface area contributed by atoms with Gasteiger partial charge in [-0.25, -0.2) is 15.0 Å². The van der Waals surface area contributed by atoms with E-state index in [2.05, 4.69) is 15.0 Å². The van der Waals surface area contributed by atoms with Gasteiger partial charge < -0.3 is 25.8 Å². The summed E-state index contributed by atoms with van der Waals surface area (Å²) in [5.41, 5.74) is 5.42. The van der Waals surface area contributed by atoms with E-state index >= 15 is 0 Å². The van der Waals surface area contributed by atoms with Crippen LogP contribution in [0, 0.1) is 0 Å². The summed E-state index contributed by atoms with van der Waals surface area (Å²) in [5, 5.41) is 30.4. The van der Waals surface area contributed by atoms with Crippen molar-refractivity contribution in [2.45, 2.75) is 43.0 Å². The van der Waals surface area contributed by atoms with E-state index in [-0.39, 0.29) is 5.82 Å². The fourth-order valence-corrected chi connectivity index (χ4v) is 3.13. The zero-order valence-corrected chi connectivity index (χ0v) is 11.0. The molecule has 2 aromatic rings. The number of imidazole rings is 1. The van der Waals surface area contributed by atoms with Gasteiger partial charge in [0.05, 0.1) is 12.4 Å². The molecular weight excluding hydrogens is 278 g/mol. The summed E-state index contributed by atoms with van der Waals surface area (Å²) in [6, 6.07) is 0. The third-order valence-electron chi connectivity index (χ3n) is 4.49. The lowest BCUT2D eigenvalue weighted by molar-refractivity contribution is -0.213. The molecule has 1 aliphatic heterocycles. The number of anilines is 1. The van der Waals surface area contributed by atoms with Crippen molar-refractivity contribution in [1.82, 2.24) is 19.5 Å². The van der Waals surface area contributed by atoms with Crippen LogP contribution in [0.4, 0.5) is 5.82 Å². The van der Waals surface area contributed by atoms with Gasteiger partial charge in [-0.3, -0.25) is 4.57 Å². The van der Waals surface area contributed by atoms with Gasteiger partial charge in [0.2, 0.25) is 0 Å². The normalized spacial score (nSPS) is 39.0. The number of hydrogen-bond acceptors (Lipinski definition) is 8. The van der Waals surface area contributed by atoms with Crippen molar-refractivity contribution in [1.29, 1.82) is 0 Å². The van der Waals surface area contributed by atoms with Gasteiger partial charge in [0.25, 0.3) is 0 Å². The Balaban J connectivity index is 1.78. The molecule has 2 unspecified atom stereocenters. The highest BCUT2D eigenvalue weighted by atomic mass is 16.6. The molecule has 0 amide bonds. The van der Waals surface area contributed by atoms with Crippen molar-refractivity contribution in [2.24, 2.45) is 0 Å². The van der Waals surface area contributed by atoms with E-state index in [9.17, 15) is 15.3 Å². The van der Waals surface area contributed by atoms with Crippen LogP contribution in [-0.4, -0.2) is 58.8 Å². The zero-order valence-electron chi connectivity index (χ0n) is 11.0. The Morgan fingerprint density at radius 2 is 2.10 bits per heavy atom. The minimum atomic E-state index is -1.19. The molecule has 4 rings (SSSR count). The summed E-state index contributed by atoms with van der Waals surface area (Å²) >= 11 is 0. The van der Waals surface area contributed by atoms with Crippen LogP contribution in [0.25, 0.3) is 11.2 Å². The third-order valence-corrected chi connectivity index (χ3v) is 4.49. The lowest BCUT2D eigenvalue weighted by atomic mass is 9.73. The number of fused-ring (bicyclic) bond motifs is 1. The molecule has 0 bridgehead atoms. The summed E-state index contributed by atoms with van der Waals surface area (Å²) < 4.78 is 7.29. The van der Waals surface area contributed by atoms with E-state index in [0.29, 0.717) is 24.0 Å². The molecule has 9 heteroatoms. The molecule has 1 saturated carbocycles. The Hall–Kier alpha value is -1.81. The fourth-order valence-electron chi connectivity index (χ4n) is 3.13. The SMILES string of the molecule is Nc1ncnc2c1ncn2C1O[C@]2(CC[C@H]2O)[C@H](O)C1O. The largest absolute Gasteiger partial charge is 0.390 e. The van der Waals surface area contributed by atoms with Crippen LogP contribution < -0.4 is 5.73 Å². The smallest absolute Gasteiger partial charge is 0.167 e. The van der Waals surface area contributed by atoms with Crippen LogP contribution in [0.15, 0.2) is 12.7 Å².